The Labute approximate surface area is 105 Å². The van der Waals surface area contributed by atoms with Crippen LogP contribution in [-0.2, 0) is 4.79 Å². The van der Waals surface area contributed by atoms with Crippen LogP contribution in [-0.4, -0.2) is 18.0 Å². The van der Waals surface area contributed by atoms with E-state index in [-0.39, 0.29) is 11.6 Å². The third kappa shape index (κ3) is 2.85. The number of halogens is 2. The highest BCUT2D eigenvalue weighted by Crippen LogP contribution is 2.21. The predicted molar refractivity (Wildman–Crippen MR) is 65.2 cm³/mol. The van der Waals surface area contributed by atoms with Gasteiger partial charge in [-0.15, -0.1) is 0 Å². The Balaban J connectivity index is 2.10. The van der Waals surface area contributed by atoms with Crippen LogP contribution in [0.4, 0.5) is 14.5 Å². The largest absolute Gasteiger partial charge is 0.324 e. The van der Waals surface area contributed by atoms with Crippen LogP contribution in [0.3, 0.4) is 0 Å². The van der Waals surface area contributed by atoms with E-state index in [0.29, 0.717) is 0 Å². The van der Waals surface area contributed by atoms with E-state index < -0.39 is 17.2 Å². The van der Waals surface area contributed by atoms with Gasteiger partial charge >= 0.3 is 0 Å². The van der Waals surface area contributed by atoms with Crippen LogP contribution in [0.5, 0.6) is 0 Å². The first kappa shape index (κ1) is 13.0. The molecule has 1 atom stereocenters. The molecule has 0 aliphatic carbocycles. The third-order valence-electron chi connectivity index (χ3n) is 3.24. The fourth-order valence-electron chi connectivity index (χ4n) is 2.15. The summed E-state index contributed by atoms with van der Waals surface area (Å²) in [4.78, 5) is 12.1. The van der Waals surface area contributed by atoms with Crippen LogP contribution in [0.15, 0.2) is 18.2 Å². The van der Waals surface area contributed by atoms with E-state index >= 15 is 0 Å². The Morgan fingerprint density at radius 2 is 1.94 bits per heavy atom. The number of carbonyl (C=O) groups is 1. The lowest BCUT2D eigenvalue weighted by atomic mass is 9.90. The van der Waals surface area contributed by atoms with Crippen molar-refractivity contribution in [2.75, 3.05) is 11.9 Å². The van der Waals surface area contributed by atoms with Crippen molar-refractivity contribution < 1.29 is 13.6 Å². The van der Waals surface area contributed by atoms with Crippen molar-refractivity contribution in [2.45, 2.75) is 31.7 Å². The summed E-state index contributed by atoms with van der Waals surface area (Å²) < 4.78 is 26.0. The summed E-state index contributed by atoms with van der Waals surface area (Å²) in [5.74, 6) is -1.66. The van der Waals surface area contributed by atoms with Crippen molar-refractivity contribution in [3.05, 3.63) is 29.8 Å². The van der Waals surface area contributed by atoms with Crippen molar-refractivity contribution in [3.8, 4) is 0 Å². The molecule has 0 bridgehead atoms. The van der Waals surface area contributed by atoms with Gasteiger partial charge in [-0.25, -0.2) is 8.78 Å². The average molecular weight is 254 g/mol. The summed E-state index contributed by atoms with van der Waals surface area (Å²) in [5, 5.41) is 5.70. The maximum atomic E-state index is 13.0. The van der Waals surface area contributed by atoms with E-state index in [1.807, 2.05) is 0 Å². The number of hydrogen-bond acceptors (Lipinski definition) is 2. The Morgan fingerprint density at radius 3 is 2.50 bits per heavy atom. The number of hydrogen-bond donors (Lipinski definition) is 2. The van der Waals surface area contributed by atoms with Crippen molar-refractivity contribution in [1.29, 1.82) is 0 Å². The molecule has 2 rings (SSSR count). The highest BCUT2D eigenvalue weighted by Gasteiger charge is 2.34. The first-order valence-corrected chi connectivity index (χ1v) is 6.02. The van der Waals surface area contributed by atoms with Gasteiger partial charge in [0.2, 0.25) is 5.91 Å². The molecule has 2 N–H and O–H groups in total. The van der Waals surface area contributed by atoms with E-state index in [2.05, 4.69) is 10.6 Å². The summed E-state index contributed by atoms with van der Waals surface area (Å²) in [6, 6.07) is 2.98. The van der Waals surface area contributed by atoms with Gasteiger partial charge in [0, 0.05) is 11.8 Å². The Kier molecular flexibility index (Phi) is 3.61. The minimum Gasteiger partial charge on any atom is -0.324 e. The number of amides is 1. The predicted octanol–water partition coefficient (Wildman–Crippen LogP) is 2.44. The molecule has 0 aromatic heterocycles. The zero-order valence-electron chi connectivity index (χ0n) is 10.2. The van der Waals surface area contributed by atoms with E-state index in [4.69, 9.17) is 0 Å². The lowest BCUT2D eigenvalue weighted by Gasteiger charge is -2.33. The molecule has 0 radical (unpaired) electrons. The summed E-state index contributed by atoms with van der Waals surface area (Å²) >= 11 is 0. The first-order chi connectivity index (χ1) is 8.49. The quantitative estimate of drug-likeness (QED) is 0.851. The maximum absolute atomic E-state index is 13.0. The second kappa shape index (κ2) is 5.02. The van der Waals surface area contributed by atoms with Crippen LogP contribution >= 0.6 is 0 Å². The van der Waals surface area contributed by atoms with Crippen molar-refractivity contribution in [3.63, 3.8) is 0 Å². The van der Waals surface area contributed by atoms with Gasteiger partial charge < -0.3 is 10.6 Å². The van der Waals surface area contributed by atoms with Crippen LogP contribution in [0, 0.1) is 11.6 Å². The van der Waals surface area contributed by atoms with Gasteiger partial charge in [-0.1, -0.05) is 0 Å². The second-order valence-electron chi connectivity index (χ2n) is 4.83. The Hall–Kier alpha value is -1.49. The molecule has 1 aliphatic rings. The summed E-state index contributed by atoms with van der Waals surface area (Å²) in [5.41, 5.74) is -0.521. The molecule has 1 aromatic carbocycles. The molecule has 0 saturated carbocycles. The van der Waals surface area contributed by atoms with Crippen LogP contribution in [0.2, 0.25) is 0 Å². The van der Waals surface area contributed by atoms with Crippen LogP contribution < -0.4 is 10.6 Å². The van der Waals surface area contributed by atoms with Crippen LogP contribution in [0.1, 0.15) is 26.2 Å². The molecule has 0 spiro atoms. The van der Waals surface area contributed by atoms with Gasteiger partial charge in [0.1, 0.15) is 11.6 Å². The van der Waals surface area contributed by atoms with E-state index in [0.717, 1.165) is 44.0 Å². The zero-order chi connectivity index (χ0) is 13.2. The lowest BCUT2D eigenvalue weighted by molar-refractivity contribution is -0.122. The third-order valence-corrected chi connectivity index (χ3v) is 3.24. The second-order valence-corrected chi connectivity index (χ2v) is 4.83. The number of piperidine rings is 1. The van der Waals surface area contributed by atoms with Gasteiger partial charge in [-0.3, -0.25) is 4.79 Å². The standard InChI is InChI=1S/C13H16F2N2O/c1-13(4-2-3-5-16-13)12(18)17-11-7-9(14)6-10(15)8-11/h6-8,16H,2-5H2,1H3,(H,17,18). The van der Waals surface area contributed by atoms with Gasteiger partial charge in [0.15, 0.2) is 0 Å². The first-order valence-electron chi connectivity index (χ1n) is 6.02. The zero-order valence-corrected chi connectivity index (χ0v) is 10.2. The molecule has 5 heteroatoms. The molecule has 1 aliphatic heterocycles. The summed E-state index contributed by atoms with van der Waals surface area (Å²) in [6.45, 7) is 2.58. The molecule has 3 nitrogen and oxygen atoms in total. The number of carbonyl (C=O) groups excluding carboxylic acids is 1. The number of benzene rings is 1. The maximum Gasteiger partial charge on any atom is 0.244 e. The van der Waals surface area contributed by atoms with Gasteiger partial charge in [-0.2, -0.15) is 0 Å². The van der Waals surface area contributed by atoms with E-state index in [1.165, 1.54) is 0 Å². The van der Waals surface area contributed by atoms with Gasteiger partial charge in [0.05, 0.1) is 5.54 Å². The molecule has 98 valence electrons. The van der Waals surface area contributed by atoms with Gasteiger partial charge in [-0.05, 0) is 44.9 Å². The molecule has 1 fully saturated rings. The summed E-state index contributed by atoms with van der Waals surface area (Å²) in [6.07, 6.45) is 2.72. The molecule has 1 amide bonds. The molecule has 1 aromatic rings. The molecule has 1 heterocycles. The minimum atomic E-state index is -0.702. The highest BCUT2D eigenvalue weighted by molar-refractivity contribution is 5.97. The fourth-order valence-corrected chi connectivity index (χ4v) is 2.15. The molecule has 18 heavy (non-hydrogen) atoms. The molecular formula is C13H16F2N2O. The number of nitrogens with one attached hydrogen (secondary N) is 2. The minimum absolute atomic E-state index is 0.145. The fraction of sp³-hybridized carbons (Fsp3) is 0.462. The monoisotopic (exact) mass is 254 g/mol. The highest BCUT2D eigenvalue weighted by atomic mass is 19.1. The average Bonchev–Trinajstić information content (AvgIpc) is 2.28. The molecule has 1 saturated heterocycles. The smallest absolute Gasteiger partial charge is 0.244 e. The molecule has 1 unspecified atom stereocenters. The topological polar surface area (TPSA) is 41.1 Å². The van der Waals surface area contributed by atoms with E-state index in [9.17, 15) is 13.6 Å². The van der Waals surface area contributed by atoms with Gasteiger partial charge in [0.25, 0.3) is 0 Å². The molecular weight excluding hydrogens is 238 g/mol. The van der Waals surface area contributed by atoms with Crippen molar-refractivity contribution in [1.82, 2.24) is 5.32 Å². The van der Waals surface area contributed by atoms with Crippen molar-refractivity contribution >= 4 is 11.6 Å². The lowest BCUT2D eigenvalue weighted by Crippen LogP contribution is -2.54. The van der Waals surface area contributed by atoms with E-state index in [1.54, 1.807) is 6.92 Å². The number of rotatable bonds is 2. The summed E-state index contributed by atoms with van der Waals surface area (Å²) in [7, 11) is 0. The normalized spacial score (nSPS) is 23.7. The Morgan fingerprint density at radius 1 is 1.28 bits per heavy atom. The SMILES string of the molecule is CC1(C(=O)Nc2cc(F)cc(F)c2)CCCCN1. The Bertz CT molecular complexity index is 436. The van der Waals surface area contributed by atoms with Crippen molar-refractivity contribution in [2.24, 2.45) is 0 Å². The van der Waals surface area contributed by atoms with Crippen LogP contribution in [0.25, 0.3) is 0 Å². The number of anilines is 1.